The van der Waals surface area contributed by atoms with Gasteiger partial charge in [-0.1, -0.05) is 22.9 Å². The summed E-state index contributed by atoms with van der Waals surface area (Å²) in [5.41, 5.74) is 2.67. The Kier molecular flexibility index (Phi) is 3.95. The highest BCUT2D eigenvalue weighted by atomic mass is 79.9. The second-order valence-corrected chi connectivity index (χ2v) is 6.66. The number of fused-ring (bicyclic) bond motifs is 1. The number of hydrogen-bond acceptors (Lipinski definition) is 3. The molecular formula is C16H22BrNO2. The zero-order valence-electron chi connectivity index (χ0n) is 12.2. The number of nitrogens with one attached hydrogen (secondary N) is 1. The monoisotopic (exact) mass is 339 g/mol. The summed E-state index contributed by atoms with van der Waals surface area (Å²) in [5.74, 6) is 1.84. The molecule has 1 aromatic rings. The molecule has 0 aliphatic carbocycles. The summed E-state index contributed by atoms with van der Waals surface area (Å²) in [6.07, 6.45) is 4.29. The van der Waals surface area contributed by atoms with Crippen LogP contribution >= 0.6 is 15.9 Å². The molecule has 110 valence electrons. The fourth-order valence-corrected chi connectivity index (χ4v) is 4.27. The Morgan fingerprint density at radius 1 is 1.30 bits per heavy atom. The van der Waals surface area contributed by atoms with Gasteiger partial charge in [-0.25, -0.2) is 0 Å². The topological polar surface area (TPSA) is 30.5 Å². The van der Waals surface area contributed by atoms with Crippen LogP contribution in [0.4, 0.5) is 0 Å². The van der Waals surface area contributed by atoms with Crippen molar-refractivity contribution in [3.63, 3.8) is 0 Å². The van der Waals surface area contributed by atoms with Crippen molar-refractivity contribution in [3.8, 4) is 11.5 Å². The van der Waals surface area contributed by atoms with E-state index >= 15 is 0 Å². The molecular weight excluding hydrogens is 318 g/mol. The normalized spacial score (nSPS) is 25.6. The molecule has 20 heavy (non-hydrogen) atoms. The molecule has 4 heteroatoms. The van der Waals surface area contributed by atoms with Gasteiger partial charge < -0.3 is 14.8 Å². The van der Waals surface area contributed by atoms with Crippen LogP contribution in [-0.4, -0.2) is 19.8 Å². The maximum absolute atomic E-state index is 6.00. The van der Waals surface area contributed by atoms with Gasteiger partial charge in [0, 0.05) is 22.0 Å². The maximum atomic E-state index is 6.00. The quantitative estimate of drug-likeness (QED) is 0.889. The van der Waals surface area contributed by atoms with E-state index in [0.717, 1.165) is 55.0 Å². The average molecular weight is 340 g/mol. The molecule has 0 aromatic heterocycles. The van der Waals surface area contributed by atoms with Crippen molar-refractivity contribution in [2.45, 2.75) is 45.1 Å². The van der Waals surface area contributed by atoms with Crippen LogP contribution < -0.4 is 14.8 Å². The van der Waals surface area contributed by atoms with Crippen LogP contribution in [-0.2, 0) is 12.0 Å². The van der Waals surface area contributed by atoms with E-state index in [4.69, 9.17) is 9.47 Å². The summed E-state index contributed by atoms with van der Waals surface area (Å²) in [7, 11) is 0. The SMILES string of the molecule is CCc1c2c(cc(Br)c1C1(C)CCCN1)OCCCO2. The molecule has 3 rings (SSSR count). The molecule has 1 saturated heterocycles. The standard InChI is InChI=1S/C16H22BrNO2/c1-3-11-14(16(2)6-4-7-18-16)12(17)10-13-15(11)20-9-5-8-19-13/h10,18H,3-9H2,1-2H3. The zero-order valence-corrected chi connectivity index (χ0v) is 13.8. The second-order valence-electron chi connectivity index (χ2n) is 5.81. The van der Waals surface area contributed by atoms with Crippen molar-refractivity contribution in [3.05, 3.63) is 21.7 Å². The van der Waals surface area contributed by atoms with Crippen molar-refractivity contribution < 1.29 is 9.47 Å². The maximum Gasteiger partial charge on any atom is 0.164 e. The smallest absolute Gasteiger partial charge is 0.164 e. The molecule has 1 unspecified atom stereocenters. The van der Waals surface area contributed by atoms with Crippen LogP contribution in [0.2, 0.25) is 0 Å². The van der Waals surface area contributed by atoms with Crippen molar-refractivity contribution in [2.24, 2.45) is 0 Å². The highest BCUT2D eigenvalue weighted by Crippen LogP contribution is 2.46. The van der Waals surface area contributed by atoms with Gasteiger partial charge in [-0.2, -0.15) is 0 Å². The van der Waals surface area contributed by atoms with E-state index in [2.05, 4.69) is 41.2 Å². The Hall–Kier alpha value is -0.740. The van der Waals surface area contributed by atoms with Gasteiger partial charge in [-0.05, 0) is 44.4 Å². The molecule has 2 heterocycles. The second kappa shape index (κ2) is 5.57. The first-order chi connectivity index (χ1) is 9.65. The third-order valence-corrected chi connectivity index (χ3v) is 4.99. The van der Waals surface area contributed by atoms with Gasteiger partial charge in [0.05, 0.1) is 13.2 Å². The lowest BCUT2D eigenvalue weighted by atomic mass is 9.85. The van der Waals surface area contributed by atoms with E-state index < -0.39 is 0 Å². The fraction of sp³-hybridized carbons (Fsp3) is 0.625. The Bertz CT molecular complexity index is 510. The van der Waals surface area contributed by atoms with Gasteiger partial charge in [0.15, 0.2) is 11.5 Å². The van der Waals surface area contributed by atoms with E-state index in [9.17, 15) is 0 Å². The fourth-order valence-electron chi connectivity index (χ4n) is 3.38. The van der Waals surface area contributed by atoms with E-state index in [-0.39, 0.29) is 5.54 Å². The molecule has 1 N–H and O–H groups in total. The summed E-state index contributed by atoms with van der Waals surface area (Å²) in [5, 5.41) is 3.66. The number of benzene rings is 1. The number of rotatable bonds is 2. The number of hydrogen-bond donors (Lipinski definition) is 1. The largest absolute Gasteiger partial charge is 0.490 e. The van der Waals surface area contributed by atoms with E-state index in [0.29, 0.717) is 0 Å². The Balaban J connectivity index is 2.16. The Labute approximate surface area is 129 Å². The average Bonchev–Trinajstić information content (AvgIpc) is 2.73. The summed E-state index contributed by atoms with van der Waals surface area (Å²) in [6, 6.07) is 2.08. The van der Waals surface area contributed by atoms with Crippen LogP contribution in [0.1, 0.15) is 44.2 Å². The van der Waals surface area contributed by atoms with Gasteiger partial charge >= 0.3 is 0 Å². The number of ether oxygens (including phenoxy) is 2. The molecule has 1 atom stereocenters. The number of halogens is 1. The van der Waals surface area contributed by atoms with Gasteiger partial charge in [0.1, 0.15) is 0 Å². The van der Waals surface area contributed by atoms with Crippen molar-refractivity contribution >= 4 is 15.9 Å². The Morgan fingerprint density at radius 2 is 2.10 bits per heavy atom. The zero-order chi connectivity index (χ0) is 14.2. The van der Waals surface area contributed by atoms with Crippen LogP contribution in [0.25, 0.3) is 0 Å². The van der Waals surface area contributed by atoms with Crippen molar-refractivity contribution in [1.82, 2.24) is 5.32 Å². The third-order valence-electron chi connectivity index (χ3n) is 4.36. The van der Waals surface area contributed by atoms with E-state index in [1.165, 1.54) is 17.5 Å². The molecule has 2 aliphatic rings. The first-order valence-corrected chi connectivity index (χ1v) is 8.31. The van der Waals surface area contributed by atoms with Crippen LogP contribution in [0, 0.1) is 0 Å². The molecule has 0 saturated carbocycles. The van der Waals surface area contributed by atoms with Crippen LogP contribution in [0.15, 0.2) is 10.5 Å². The lowest BCUT2D eigenvalue weighted by Gasteiger charge is -2.30. The van der Waals surface area contributed by atoms with Gasteiger partial charge in [0.2, 0.25) is 0 Å². The van der Waals surface area contributed by atoms with Gasteiger partial charge in [0.25, 0.3) is 0 Å². The minimum atomic E-state index is 0.0366. The van der Waals surface area contributed by atoms with E-state index in [1.54, 1.807) is 0 Å². The lowest BCUT2D eigenvalue weighted by molar-refractivity contribution is 0.296. The van der Waals surface area contributed by atoms with Crippen molar-refractivity contribution in [2.75, 3.05) is 19.8 Å². The summed E-state index contributed by atoms with van der Waals surface area (Å²) < 4.78 is 13.0. The first-order valence-electron chi connectivity index (χ1n) is 7.52. The molecule has 2 aliphatic heterocycles. The molecule has 0 radical (unpaired) electrons. The molecule has 0 spiro atoms. The van der Waals surface area contributed by atoms with Crippen LogP contribution in [0.3, 0.4) is 0 Å². The predicted molar refractivity (Wildman–Crippen MR) is 83.7 cm³/mol. The molecule has 0 amide bonds. The minimum Gasteiger partial charge on any atom is -0.490 e. The highest BCUT2D eigenvalue weighted by molar-refractivity contribution is 9.10. The van der Waals surface area contributed by atoms with Gasteiger partial charge in [-0.3, -0.25) is 0 Å². The van der Waals surface area contributed by atoms with Crippen molar-refractivity contribution in [1.29, 1.82) is 0 Å². The summed E-state index contributed by atoms with van der Waals surface area (Å²) in [6.45, 7) is 7.05. The van der Waals surface area contributed by atoms with Gasteiger partial charge in [-0.15, -0.1) is 0 Å². The molecule has 1 fully saturated rings. The Morgan fingerprint density at radius 3 is 2.80 bits per heavy atom. The minimum absolute atomic E-state index is 0.0366. The van der Waals surface area contributed by atoms with Crippen LogP contribution in [0.5, 0.6) is 11.5 Å². The first kappa shape index (κ1) is 14.2. The predicted octanol–water partition coefficient (Wildman–Crippen LogP) is 3.77. The molecule has 0 bridgehead atoms. The molecule has 3 nitrogen and oxygen atoms in total. The summed E-state index contributed by atoms with van der Waals surface area (Å²) in [4.78, 5) is 0. The third kappa shape index (κ3) is 2.33. The molecule has 1 aromatic carbocycles. The highest BCUT2D eigenvalue weighted by Gasteiger charge is 2.36. The van der Waals surface area contributed by atoms with E-state index in [1.807, 2.05) is 0 Å². The summed E-state index contributed by atoms with van der Waals surface area (Å²) >= 11 is 3.76. The lowest BCUT2D eigenvalue weighted by Crippen LogP contribution is -2.34.